The zero-order valence-corrected chi connectivity index (χ0v) is 11.8. The Morgan fingerprint density at radius 1 is 0.955 bits per heavy atom. The highest BCUT2D eigenvalue weighted by atomic mass is 16.4. The number of aliphatic hydroxyl groups excluding tert-OH is 1. The quantitative estimate of drug-likeness (QED) is 0.755. The Morgan fingerprint density at radius 2 is 1.50 bits per heavy atom. The van der Waals surface area contributed by atoms with Crippen LogP contribution in [0.2, 0.25) is 0 Å². The summed E-state index contributed by atoms with van der Waals surface area (Å²) in [5.74, 6) is -1.73. The van der Waals surface area contributed by atoms with Gasteiger partial charge in [0.1, 0.15) is 6.10 Å². The van der Waals surface area contributed by atoms with Gasteiger partial charge >= 0.3 is 5.97 Å². The molecule has 1 amide bonds. The van der Waals surface area contributed by atoms with Crippen LogP contribution in [-0.2, 0) is 16.0 Å². The molecule has 114 valence electrons. The number of carbonyl (C=O) groups excluding carboxylic acids is 1. The van der Waals surface area contributed by atoms with Gasteiger partial charge in [0.25, 0.3) is 0 Å². The fraction of sp³-hybridized carbons (Fsp3) is 0.176. The smallest absolute Gasteiger partial charge is 0.329 e. The molecule has 0 saturated carbocycles. The maximum Gasteiger partial charge on any atom is 0.329 e. The van der Waals surface area contributed by atoms with Crippen molar-refractivity contribution in [3.05, 3.63) is 71.8 Å². The first kappa shape index (κ1) is 15.7. The molecule has 1 unspecified atom stereocenters. The number of aliphatic hydroxyl groups is 1. The third-order valence-corrected chi connectivity index (χ3v) is 3.25. The van der Waals surface area contributed by atoms with Crippen molar-refractivity contribution in [3.63, 3.8) is 0 Å². The van der Waals surface area contributed by atoms with E-state index in [0.29, 0.717) is 5.56 Å². The zero-order chi connectivity index (χ0) is 15.9. The van der Waals surface area contributed by atoms with Gasteiger partial charge in [-0.2, -0.15) is 0 Å². The van der Waals surface area contributed by atoms with Gasteiger partial charge in [0.2, 0.25) is 5.91 Å². The van der Waals surface area contributed by atoms with Crippen molar-refractivity contribution in [2.24, 2.45) is 0 Å². The SMILES string of the molecule is O=C(Cc1ccccc1)N[C@H](C(=O)O)C(O)c1ccccc1. The molecule has 3 N–H and O–H groups in total. The molecule has 2 aromatic carbocycles. The summed E-state index contributed by atoms with van der Waals surface area (Å²) in [6.07, 6.45) is -1.25. The molecule has 2 rings (SSSR count). The number of benzene rings is 2. The van der Waals surface area contributed by atoms with Gasteiger partial charge in [0.15, 0.2) is 6.04 Å². The first-order chi connectivity index (χ1) is 10.6. The van der Waals surface area contributed by atoms with E-state index in [1.807, 2.05) is 6.07 Å². The van der Waals surface area contributed by atoms with E-state index in [4.69, 9.17) is 0 Å². The molecule has 5 heteroatoms. The number of carboxylic acid groups (broad SMARTS) is 1. The van der Waals surface area contributed by atoms with Crippen LogP contribution in [-0.4, -0.2) is 28.1 Å². The highest BCUT2D eigenvalue weighted by Gasteiger charge is 2.29. The molecule has 0 radical (unpaired) electrons. The Labute approximate surface area is 128 Å². The molecule has 0 aliphatic rings. The highest BCUT2D eigenvalue weighted by molar-refractivity contribution is 5.85. The average Bonchev–Trinajstić information content (AvgIpc) is 2.53. The number of rotatable bonds is 6. The van der Waals surface area contributed by atoms with Crippen LogP contribution in [0, 0.1) is 0 Å². The van der Waals surface area contributed by atoms with Gasteiger partial charge in [-0.25, -0.2) is 4.79 Å². The Hall–Kier alpha value is -2.66. The maximum absolute atomic E-state index is 12.0. The lowest BCUT2D eigenvalue weighted by Gasteiger charge is -2.20. The molecule has 0 heterocycles. The fourth-order valence-electron chi connectivity index (χ4n) is 2.12. The molecular formula is C17H17NO4. The minimum Gasteiger partial charge on any atom is -0.480 e. The number of hydrogen-bond acceptors (Lipinski definition) is 3. The van der Waals surface area contributed by atoms with Crippen molar-refractivity contribution in [1.29, 1.82) is 0 Å². The van der Waals surface area contributed by atoms with Crippen LogP contribution in [0.1, 0.15) is 17.2 Å². The summed E-state index contributed by atoms with van der Waals surface area (Å²) in [5, 5.41) is 21.8. The molecule has 2 atom stereocenters. The highest BCUT2D eigenvalue weighted by Crippen LogP contribution is 2.17. The van der Waals surface area contributed by atoms with Gasteiger partial charge < -0.3 is 15.5 Å². The van der Waals surface area contributed by atoms with Crippen molar-refractivity contribution in [2.45, 2.75) is 18.6 Å². The molecule has 0 aromatic heterocycles. The first-order valence-electron chi connectivity index (χ1n) is 6.87. The molecule has 0 spiro atoms. The maximum atomic E-state index is 12.0. The lowest BCUT2D eigenvalue weighted by Crippen LogP contribution is -2.45. The number of amides is 1. The molecule has 0 bridgehead atoms. The van der Waals surface area contributed by atoms with Gasteiger partial charge in [0, 0.05) is 0 Å². The number of carbonyl (C=O) groups is 2. The second-order valence-electron chi connectivity index (χ2n) is 4.90. The minimum absolute atomic E-state index is 0.0616. The van der Waals surface area contributed by atoms with Gasteiger partial charge in [-0.1, -0.05) is 60.7 Å². The number of hydrogen-bond donors (Lipinski definition) is 3. The van der Waals surface area contributed by atoms with Crippen LogP contribution in [0.4, 0.5) is 0 Å². The van der Waals surface area contributed by atoms with Crippen molar-refractivity contribution in [1.82, 2.24) is 5.32 Å². The number of aliphatic carboxylic acids is 1. The lowest BCUT2D eigenvalue weighted by molar-refractivity contribution is -0.145. The Balaban J connectivity index is 2.06. The predicted molar refractivity (Wildman–Crippen MR) is 81.1 cm³/mol. The van der Waals surface area contributed by atoms with Gasteiger partial charge in [-0.05, 0) is 11.1 Å². The monoisotopic (exact) mass is 299 g/mol. The summed E-state index contributed by atoms with van der Waals surface area (Å²) >= 11 is 0. The molecule has 5 nitrogen and oxygen atoms in total. The van der Waals surface area contributed by atoms with Crippen LogP contribution >= 0.6 is 0 Å². The normalized spacial score (nSPS) is 13.1. The Bertz CT molecular complexity index is 628. The molecule has 22 heavy (non-hydrogen) atoms. The standard InChI is InChI=1S/C17H17NO4/c19-14(11-12-7-3-1-4-8-12)18-15(17(21)22)16(20)13-9-5-2-6-10-13/h1-10,15-16,20H,11H2,(H,18,19)(H,21,22)/t15-,16?/m0/s1. The van der Waals surface area contributed by atoms with Crippen molar-refractivity contribution in [2.75, 3.05) is 0 Å². The first-order valence-corrected chi connectivity index (χ1v) is 6.87. The van der Waals surface area contributed by atoms with Crippen LogP contribution in [0.15, 0.2) is 60.7 Å². The Kier molecular flexibility index (Phi) is 5.27. The second kappa shape index (κ2) is 7.38. The number of carboxylic acids is 1. The van der Waals surface area contributed by atoms with E-state index >= 15 is 0 Å². The van der Waals surface area contributed by atoms with E-state index in [1.165, 1.54) is 0 Å². The van der Waals surface area contributed by atoms with Crippen LogP contribution in [0.25, 0.3) is 0 Å². The molecular weight excluding hydrogens is 282 g/mol. The summed E-state index contributed by atoms with van der Waals surface area (Å²) in [7, 11) is 0. The summed E-state index contributed by atoms with van der Waals surface area (Å²) < 4.78 is 0. The van der Waals surface area contributed by atoms with Gasteiger partial charge in [-0.3, -0.25) is 4.79 Å². The average molecular weight is 299 g/mol. The van der Waals surface area contributed by atoms with Gasteiger partial charge in [0.05, 0.1) is 6.42 Å². The van der Waals surface area contributed by atoms with E-state index in [1.54, 1.807) is 54.6 Å². The van der Waals surface area contributed by atoms with E-state index < -0.39 is 24.0 Å². The topological polar surface area (TPSA) is 86.6 Å². The van der Waals surface area contributed by atoms with E-state index in [2.05, 4.69) is 5.32 Å². The molecule has 2 aromatic rings. The van der Waals surface area contributed by atoms with E-state index in [9.17, 15) is 19.8 Å². The predicted octanol–water partition coefficient (Wildman–Crippen LogP) is 1.53. The van der Waals surface area contributed by atoms with Crippen LogP contribution in [0.5, 0.6) is 0 Å². The van der Waals surface area contributed by atoms with E-state index in [-0.39, 0.29) is 6.42 Å². The van der Waals surface area contributed by atoms with Crippen molar-refractivity contribution >= 4 is 11.9 Å². The number of nitrogens with one attached hydrogen (secondary N) is 1. The minimum atomic E-state index is -1.39. The largest absolute Gasteiger partial charge is 0.480 e. The summed E-state index contributed by atoms with van der Waals surface area (Å²) in [5.41, 5.74) is 1.22. The van der Waals surface area contributed by atoms with Crippen molar-refractivity contribution < 1.29 is 19.8 Å². The second-order valence-corrected chi connectivity index (χ2v) is 4.90. The third kappa shape index (κ3) is 4.17. The fourth-order valence-corrected chi connectivity index (χ4v) is 2.12. The van der Waals surface area contributed by atoms with Crippen molar-refractivity contribution in [3.8, 4) is 0 Å². The van der Waals surface area contributed by atoms with Gasteiger partial charge in [-0.15, -0.1) is 0 Å². The van der Waals surface area contributed by atoms with Crippen LogP contribution in [0.3, 0.4) is 0 Å². The third-order valence-electron chi connectivity index (χ3n) is 3.25. The van der Waals surface area contributed by atoms with Crippen LogP contribution < -0.4 is 5.32 Å². The zero-order valence-electron chi connectivity index (χ0n) is 11.8. The summed E-state index contributed by atoms with van der Waals surface area (Å²) in [6, 6.07) is 16.0. The molecule has 0 aliphatic heterocycles. The molecule has 0 saturated heterocycles. The molecule has 0 fully saturated rings. The van der Waals surface area contributed by atoms with E-state index in [0.717, 1.165) is 5.56 Å². The summed E-state index contributed by atoms with van der Waals surface area (Å²) in [4.78, 5) is 23.3. The molecule has 0 aliphatic carbocycles. The Morgan fingerprint density at radius 3 is 2.05 bits per heavy atom. The summed E-state index contributed by atoms with van der Waals surface area (Å²) in [6.45, 7) is 0. The lowest BCUT2D eigenvalue weighted by atomic mass is 10.0.